The number of nitrogens with zero attached hydrogens (tertiary/aromatic N) is 1. The minimum absolute atomic E-state index is 0.405. The molecule has 0 aromatic heterocycles. The molecule has 0 aliphatic heterocycles. The van der Waals surface area contributed by atoms with Crippen LogP contribution in [0.5, 0.6) is 0 Å². The Bertz CT molecular complexity index is 127. The van der Waals surface area contributed by atoms with E-state index in [1.54, 1.807) is 0 Å². The summed E-state index contributed by atoms with van der Waals surface area (Å²) in [6.45, 7) is 17.1. The average Bonchev–Trinajstić information content (AvgIpc) is 2.08. The van der Waals surface area contributed by atoms with Crippen molar-refractivity contribution in [2.45, 2.75) is 41.0 Å². The van der Waals surface area contributed by atoms with Crippen LogP contribution >= 0.6 is 0 Å². The summed E-state index contributed by atoms with van der Waals surface area (Å²) in [4.78, 5) is 2.50. The summed E-state index contributed by atoms with van der Waals surface area (Å²) in [5, 5.41) is 3.51. The fourth-order valence-corrected chi connectivity index (χ4v) is 1.44. The molecule has 0 saturated heterocycles. The van der Waals surface area contributed by atoms with Gasteiger partial charge in [-0.25, -0.2) is 0 Å². The highest BCUT2D eigenvalue weighted by molar-refractivity contribution is 4.65. The summed E-state index contributed by atoms with van der Waals surface area (Å²) in [6.07, 6.45) is 1.26. The van der Waals surface area contributed by atoms with Crippen LogP contribution in [0.1, 0.15) is 41.0 Å². The standard InChI is InChI=1S/C12H28N2/c1-6-9-14(7-2)10-8-13-11-12(3,4)5/h13H,6-11H2,1-5H3. The first-order chi connectivity index (χ1) is 6.49. The number of likely N-dealkylation sites (N-methyl/N-ethyl adjacent to an activating group) is 1. The Morgan fingerprint density at radius 3 is 2.14 bits per heavy atom. The Kier molecular flexibility index (Phi) is 7.20. The quantitative estimate of drug-likeness (QED) is 0.635. The fraction of sp³-hybridized carbons (Fsp3) is 1.00. The van der Waals surface area contributed by atoms with Crippen LogP contribution in [0.4, 0.5) is 0 Å². The normalized spacial score (nSPS) is 12.4. The third-order valence-corrected chi connectivity index (χ3v) is 2.25. The zero-order valence-electron chi connectivity index (χ0n) is 10.7. The first-order valence-corrected chi connectivity index (χ1v) is 5.92. The molecule has 0 spiro atoms. The van der Waals surface area contributed by atoms with Gasteiger partial charge in [0.15, 0.2) is 0 Å². The van der Waals surface area contributed by atoms with Crippen LogP contribution in [0.15, 0.2) is 0 Å². The molecule has 0 aliphatic carbocycles. The Hall–Kier alpha value is -0.0800. The minimum atomic E-state index is 0.405. The molecule has 0 amide bonds. The molecular weight excluding hydrogens is 172 g/mol. The molecule has 0 aliphatic rings. The predicted molar refractivity (Wildman–Crippen MR) is 64.7 cm³/mol. The van der Waals surface area contributed by atoms with Crippen molar-refractivity contribution in [1.29, 1.82) is 0 Å². The lowest BCUT2D eigenvalue weighted by Crippen LogP contribution is -2.35. The monoisotopic (exact) mass is 200 g/mol. The van der Waals surface area contributed by atoms with Crippen molar-refractivity contribution in [2.24, 2.45) is 5.41 Å². The smallest absolute Gasteiger partial charge is 0.0107 e. The Balaban J connectivity index is 3.42. The van der Waals surface area contributed by atoms with Crippen LogP contribution in [-0.4, -0.2) is 37.6 Å². The van der Waals surface area contributed by atoms with Crippen molar-refractivity contribution in [3.8, 4) is 0 Å². The SMILES string of the molecule is CCCN(CC)CCNCC(C)(C)C. The summed E-state index contributed by atoms with van der Waals surface area (Å²) < 4.78 is 0. The van der Waals surface area contributed by atoms with Gasteiger partial charge >= 0.3 is 0 Å². The third-order valence-electron chi connectivity index (χ3n) is 2.25. The second-order valence-corrected chi connectivity index (χ2v) is 5.17. The fourth-order valence-electron chi connectivity index (χ4n) is 1.44. The van der Waals surface area contributed by atoms with Crippen molar-refractivity contribution < 1.29 is 0 Å². The predicted octanol–water partition coefficient (Wildman–Crippen LogP) is 2.35. The van der Waals surface area contributed by atoms with Crippen molar-refractivity contribution in [3.63, 3.8) is 0 Å². The largest absolute Gasteiger partial charge is 0.315 e. The summed E-state index contributed by atoms with van der Waals surface area (Å²) in [5.41, 5.74) is 0.405. The lowest BCUT2D eigenvalue weighted by molar-refractivity contribution is 0.278. The van der Waals surface area contributed by atoms with E-state index in [0.29, 0.717) is 5.41 Å². The Labute approximate surface area is 90.1 Å². The van der Waals surface area contributed by atoms with Gasteiger partial charge in [0.25, 0.3) is 0 Å². The topological polar surface area (TPSA) is 15.3 Å². The second-order valence-electron chi connectivity index (χ2n) is 5.17. The molecule has 0 aromatic rings. The van der Waals surface area contributed by atoms with E-state index >= 15 is 0 Å². The molecule has 0 heterocycles. The molecule has 0 saturated carbocycles. The summed E-state index contributed by atoms with van der Waals surface area (Å²) in [6, 6.07) is 0. The van der Waals surface area contributed by atoms with Gasteiger partial charge in [0.2, 0.25) is 0 Å². The van der Waals surface area contributed by atoms with Crippen LogP contribution < -0.4 is 5.32 Å². The van der Waals surface area contributed by atoms with E-state index in [1.165, 1.54) is 26.1 Å². The maximum absolute atomic E-state index is 3.51. The molecule has 14 heavy (non-hydrogen) atoms. The van der Waals surface area contributed by atoms with Gasteiger partial charge in [0.1, 0.15) is 0 Å². The highest BCUT2D eigenvalue weighted by Gasteiger charge is 2.08. The van der Waals surface area contributed by atoms with E-state index in [-0.39, 0.29) is 0 Å². The number of nitrogens with one attached hydrogen (secondary N) is 1. The lowest BCUT2D eigenvalue weighted by Gasteiger charge is -2.22. The summed E-state index contributed by atoms with van der Waals surface area (Å²) in [7, 11) is 0. The molecule has 2 heteroatoms. The minimum Gasteiger partial charge on any atom is -0.315 e. The van der Waals surface area contributed by atoms with Gasteiger partial charge in [-0.3, -0.25) is 0 Å². The maximum Gasteiger partial charge on any atom is 0.0107 e. The molecule has 0 bridgehead atoms. The zero-order valence-corrected chi connectivity index (χ0v) is 10.7. The first-order valence-electron chi connectivity index (χ1n) is 5.92. The molecule has 86 valence electrons. The van der Waals surface area contributed by atoms with E-state index in [4.69, 9.17) is 0 Å². The van der Waals surface area contributed by atoms with Crippen LogP contribution in [0.3, 0.4) is 0 Å². The van der Waals surface area contributed by atoms with Crippen molar-refractivity contribution in [3.05, 3.63) is 0 Å². The molecule has 0 rings (SSSR count). The van der Waals surface area contributed by atoms with E-state index in [1.807, 2.05) is 0 Å². The number of hydrogen-bond acceptors (Lipinski definition) is 2. The van der Waals surface area contributed by atoms with Crippen molar-refractivity contribution >= 4 is 0 Å². The van der Waals surface area contributed by atoms with E-state index in [9.17, 15) is 0 Å². The highest BCUT2D eigenvalue weighted by atomic mass is 15.1. The second kappa shape index (κ2) is 7.24. The van der Waals surface area contributed by atoms with Gasteiger partial charge in [0.05, 0.1) is 0 Å². The van der Waals surface area contributed by atoms with Gasteiger partial charge in [-0.2, -0.15) is 0 Å². The Morgan fingerprint density at radius 1 is 1.07 bits per heavy atom. The van der Waals surface area contributed by atoms with Crippen LogP contribution in [0, 0.1) is 5.41 Å². The molecule has 0 radical (unpaired) electrons. The van der Waals surface area contributed by atoms with Gasteiger partial charge < -0.3 is 10.2 Å². The highest BCUT2D eigenvalue weighted by Crippen LogP contribution is 2.09. The molecule has 0 fully saturated rings. The molecule has 2 nitrogen and oxygen atoms in total. The molecule has 1 N–H and O–H groups in total. The Morgan fingerprint density at radius 2 is 1.71 bits per heavy atom. The van der Waals surface area contributed by atoms with Crippen LogP contribution in [-0.2, 0) is 0 Å². The third kappa shape index (κ3) is 8.52. The zero-order chi connectivity index (χ0) is 11.0. The van der Waals surface area contributed by atoms with Crippen molar-refractivity contribution in [2.75, 3.05) is 32.7 Å². The van der Waals surface area contributed by atoms with E-state index < -0.39 is 0 Å². The van der Waals surface area contributed by atoms with Crippen LogP contribution in [0.25, 0.3) is 0 Å². The van der Waals surface area contributed by atoms with Crippen molar-refractivity contribution in [1.82, 2.24) is 10.2 Å². The molecular formula is C12H28N2. The lowest BCUT2D eigenvalue weighted by atomic mass is 9.97. The summed E-state index contributed by atoms with van der Waals surface area (Å²) >= 11 is 0. The van der Waals surface area contributed by atoms with Gasteiger partial charge in [0, 0.05) is 19.6 Å². The molecule has 0 atom stereocenters. The van der Waals surface area contributed by atoms with Gasteiger partial charge in [-0.1, -0.05) is 34.6 Å². The average molecular weight is 200 g/mol. The number of rotatable bonds is 7. The summed E-state index contributed by atoms with van der Waals surface area (Å²) in [5.74, 6) is 0. The maximum atomic E-state index is 3.51. The first kappa shape index (κ1) is 13.9. The van der Waals surface area contributed by atoms with Crippen LogP contribution in [0.2, 0.25) is 0 Å². The van der Waals surface area contributed by atoms with E-state index in [0.717, 1.165) is 13.1 Å². The van der Waals surface area contributed by atoms with Gasteiger partial charge in [-0.15, -0.1) is 0 Å². The number of hydrogen-bond donors (Lipinski definition) is 1. The van der Waals surface area contributed by atoms with E-state index in [2.05, 4.69) is 44.8 Å². The molecule has 0 unspecified atom stereocenters. The molecule has 0 aromatic carbocycles. The van der Waals surface area contributed by atoms with Gasteiger partial charge in [-0.05, 0) is 24.9 Å².